The zero-order chi connectivity index (χ0) is 23.3. The second-order valence-corrected chi connectivity index (χ2v) is 8.40. The number of H-pyrrole nitrogens is 1. The van der Waals surface area contributed by atoms with Crippen LogP contribution in [0.25, 0.3) is 11.2 Å². The van der Waals surface area contributed by atoms with Crippen LogP contribution in [0.2, 0.25) is 0 Å². The van der Waals surface area contributed by atoms with E-state index >= 15 is 0 Å². The summed E-state index contributed by atoms with van der Waals surface area (Å²) in [4.78, 5) is 31.7. The fraction of sp³-hybridized carbons (Fsp3) is 0.435. The summed E-state index contributed by atoms with van der Waals surface area (Å²) >= 11 is 0. The normalized spacial score (nSPS) is 17.4. The average molecular weight is 465 g/mol. The van der Waals surface area contributed by atoms with Gasteiger partial charge in [0, 0.05) is 32.3 Å². The number of carbonyl (C=O) groups excluding carboxylic acids is 1. The zero-order valence-corrected chi connectivity index (χ0v) is 19.1. The maximum atomic E-state index is 12.8. The Morgan fingerprint density at radius 1 is 1.15 bits per heavy atom. The van der Waals surface area contributed by atoms with Crippen LogP contribution in [0.5, 0.6) is 0 Å². The second kappa shape index (κ2) is 10.1. The average Bonchev–Trinajstić information content (AvgIpc) is 3.29. The molecule has 0 radical (unpaired) electrons. The molecular formula is C23H28N8O3. The highest BCUT2D eigenvalue weighted by molar-refractivity contribution is 5.96. The number of ether oxygens (including phenoxy) is 2. The lowest BCUT2D eigenvalue weighted by Gasteiger charge is -2.28. The number of benzene rings is 1. The predicted octanol–water partition coefficient (Wildman–Crippen LogP) is 1.85. The lowest BCUT2D eigenvalue weighted by atomic mass is 10.1. The minimum atomic E-state index is -0.259. The lowest BCUT2D eigenvalue weighted by Crippen LogP contribution is -2.39. The standard InChI is InChI=1S/C23H28N8O3/c1-15-3-2-4-16(13-15)14-24-30-23-28-19-18(21(29-23)31-7-11-34-12-8-31)26-20(27-19)22(32)25-17-5-9-33-10-6-17/h2-4,13-14,17H,5-12H2,1H3,(H,25,32)(H2,26,27,28,29,30)/b24-14+. The van der Waals surface area contributed by atoms with Crippen LogP contribution in [-0.2, 0) is 9.47 Å². The number of nitrogens with zero attached hydrogens (tertiary/aromatic N) is 5. The van der Waals surface area contributed by atoms with Crippen LogP contribution in [0, 0.1) is 6.92 Å². The molecule has 2 aliphatic heterocycles. The highest BCUT2D eigenvalue weighted by Crippen LogP contribution is 2.25. The Morgan fingerprint density at radius 3 is 2.74 bits per heavy atom. The fourth-order valence-corrected chi connectivity index (χ4v) is 4.05. The first-order valence-corrected chi connectivity index (χ1v) is 11.5. The molecule has 1 aromatic carbocycles. The number of amides is 1. The molecule has 0 spiro atoms. The van der Waals surface area contributed by atoms with Gasteiger partial charge in [-0.25, -0.2) is 10.4 Å². The van der Waals surface area contributed by atoms with Gasteiger partial charge in [-0.3, -0.25) is 4.79 Å². The number of anilines is 2. The monoisotopic (exact) mass is 464 g/mol. The largest absolute Gasteiger partial charge is 0.381 e. The molecule has 0 aliphatic carbocycles. The first-order chi connectivity index (χ1) is 16.7. The molecule has 3 aromatic rings. The van der Waals surface area contributed by atoms with Gasteiger partial charge < -0.3 is 24.7 Å². The fourth-order valence-electron chi connectivity index (χ4n) is 4.05. The van der Waals surface area contributed by atoms with Gasteiger partial charge in [-0.05, 0) is 25.3 Å². The molecule has 4 heterocycles. The van der Waals surface area contributed by atoms with E-state index in [1.807, 2.05) is 31.2 Å². The predicted molar refractivity (Wildman–Crippen MR) is 128 cm³/mol. The summed E-state index contributed by atoms with van der Waals surface area (Å²) in [7, 11) is 0. The van der Waals surface area contributed by atoms with Crippen LogP contribution in [0.1, 0.15) is 34.6 Å². The Hall–Kier alpha value is -3.57. The molecule has 3 N–H and O–H groups in total. The molecule has 1 amide bonds. The van der Waals surface area contributed by atoms with E-state index in [4.69, 9.17) is 9.47 Å². The molecule has 0 saturated carbocycles. The van der Waals surface area contributed by atoms with Gasteiger partial charge in [-0.15, -0.1) is 0 Å². The van der Waals surface area contributed by atoms with Gasteiger partial charge in [0.1, 0.15) is 5.52 Å². The Morgan fingerprint density at radius 2 is 1.94 bits per heavy atom. The number of rotatable bonds is 6. The number of aryl methyl sites for hydroxylation is 1. The van der Waals surface area contributed by atoms with Crippen molar-refractivity contribution in [2.75, 3.05) is 49.8 Å². The van der Waals surface area contributed by atoms with Crippen LogP contribution < -0.4 is 15.6 Å². The number of hydrogen-bond acceptors (Lipinski definition) is 9. The number of nitrogens with one attached hydrogen (secondary N) is 3. The molecule has 2 saturated heterocycles. The molecule has 0 bridgehead atoms. The van der Waals surface area contributed by atoms with Gasteiger partial charge in [0.25, 0.3) is 5.91 Å². The van der Waals surface area contributed by atoms with E-state index in [1.54, 1.807) is 6.21 Å². The van der Waals surface area contributed by atoms with Gasteiger partial charge in [0.2, 0.25) is 5.95 Å². The SMILES string of the molecule is Cc1cccc(/C=N/Nc2nc(N3CCOCC3)c3[nH]c(C(=O)NC4CCOCC4)nc3n2)c1. The van der Waals surface area contributed by atoms with Crippen LogP contribution in [0.3, 0.4) is 0 Å². The first-order valence-electron chi connectivity index (χ1n) is 11.5. The van der Waals surface area contributed by atoms with Gasteiger partial charge in [0.05, 0.1) is 19.4 Å². The topological polar surface area (TPSA) is 130 Å². The molecule has 0 atom stereocenters. The molecule has 2 aliphatic rings. The first kappa shape index (κ1) is 22.2. The van der Waals surface area contributed by atoms with Gasteiger partial charge in [-0.2, -0.15) is 15.1 Å². The summed E-state index contributed by atoms with van der Waals surface area (Å²) in [5.74, 6) is 0.926. The van der Waals surface area contributed by atoms with Crippen molar-refractivity contribution >= 4 is 35.1 Å². The van der Waals surface area contributed by atoms with E-state index in [9.17, 15) is 4.79 Å². The Balaban J connectivity index is 1.41. The van der Waals surface area contributed by atoms with Crippen molar-refractivity contribution in [1.29, 1.82) is 0 Å². The Kier molecular flexibility index (Phi) is 6.63. The highest BCUT2D eigenvalue weighted by Gasteiger charge is 2.23. The number of morpholine rings is 1. The number of hydrogen-bond donors (Lipinski definition) is 3. The molecule has 11 heteroatoms. The number of carbonyl (C=O) groups is 1. The Bertz CT molecular complexity index is 1180. The summed E-state index contributed by atoms with van der Waals surface area (Å²) < 4.78 is 10.9. The quantitative estimate of drug-likeness (QED) is 0.372. The van der Waals surface area contributed by atoms with Gasteiger partial charge in [-0.1, -0.05) is 29.8 Å². The molecule has 34 heavy (non-hydrogen) atoms. The highest BCUT2D eigenvalue weighted by atomic mass is 16.5. The van der Waals surface area contributed by atoms with Crippen molar-refractivity contribution < 1.29 is 14.3 Å². The number of hydrazone groups is 1. The maximum absolute atomic E-state index is 12.8. The van der Waals surface area contributed by atoms with Crippen LogP contribution in [0.4, 0.5) is 11.8 Å². The Labute approximate surface area is 197 Å². The summed E-state index contributed by atoms with van der Waals surface area (Å²) in [6.07, 6.45) is 3.29. The smallest absolute Gasteiger partial charge is 0.287 e. The zero-order valence-electron chi connectivity index (χ0n) is 19.1. The summed E-state index contributed by atoms with van der Waals surface area (Å²) in [5, 5.41) is 7.33. The van der Waals surface area contributed by atoms with E-state index in [0.717, 1.165) is 24.0 Å². The van der Waals surface area contributed by atoms with Crippen molar-refractivity contribution in [2.24, 2.45) is 5.10 Å². The van der Waals surface area contributed by atoms with Crippen molar-refractivity contribution in [2.45, 2.75) is 25.8 Å². The van der Waals surface area contributed by atoms with E-state index in [1.165, 1.54) is 0 Å². The van der Waals surface area contributed by atoms with Crippen LogP contribution in [0.15, 0.2) is 29.4 Å². The molecular weight excluding hydrogens is 436 g/mol. The minimum absolute atomic E-state index is 0.0763. The molecule has 2 fully saturated rings. The summed E-state index contributed by atoms with van der Waals surface area (Å²) in [6.45, 7) is 5.90. The van der Waals surface area contributed by atoms with Gasteiger partial charge >= 0.3 is 0 Å². The maximum Gasteiger partial charge on any atom is 0.287 e. The third-order valence-corrected chi connectivity index (χ3v) is 5.83. The number of imidazole rings is 1. The molecule has 2 aromatic heterocycles. The van der Waals surface area contributed by atoms with Gasteiger partial charge in [0.15, 0.2) is 17.3 Å². The number of aromatic nitrogens is 4. The molecule has 0 unspecified atom stereocenters. The van der Waals surface area contributed by atoms with Crippen molar-refractivity contribution in [1.82, 2.24) is 25.3 Å². The van der Waals surface area contributed by atoms with Crippen molar-refractivity contribution in [3.63, 3.8) is 0 Å². The van der Waals surface area contributed by atoms with Crippen molar-refractivity contribution in [3.05, 3.63) is 41.2 Å². The van der Waals surface area contributed by atoms with E-state index in [0.29, 0.717) is 62.4 Å². The van der Waals surface area contributed by atoms with E-state index in [-0.39, 0.29) is 17.8 Å². The molecule has 178 valence electrons. The number of aromatic amines is 1. The van der Waals surface area contributed by atoms with Crippen LogP contribution >= 0.6 is 0 Å². The van der Waals surface area contributed by atoms with E-state index < -0.39 is 0 Å². The second-order valence-electron chi connectivity index (χ2n) is 8.40. The third-order valence-electron chi connectivity index (χ3n) is 5.83. The van der Waals surface area contributed by atoms with Crippen molar-refractivity contribution in [3.8, 4) is 0 Å². The third kappa shape index (κ3) is 5.15. The summed E-state index contributed by atoms with van der Waals surface area (Å²) in [6, 6.07) is 8.09. The molecule has 5 rings (SSSR count). The van der Waals surface area contributed by atoms with Crippen LogP contribution in [-0.4, -0.2) is 77.6 Å². The lowest BCUT2D eigenvalue weighted by molar-refractivity contribution is 0.0692. The molecule has 11 nitrogen and oxygen atoms in total. The minimum Gasteiger partial charge on any atom is -0.381 e. The van der Waals surface area contributed by atoms with E-state index in [2.05, 4.69) is 40.7 Å². The number of fused-ring (bicyclic) bond motifs is 1. The summed E-state index contributed by atoms with van der Waals surface area (Å²) in [5.41, 5.74) is 6.05.